The molecule has 3 nitrogen and oxygen atoms in total. The van der Waals surface area contributed by atoms with Crippen LogP contribution in [0.2, 0.25) is 0 Å². The molecule has 16 heavy (non-hydrogen) atoms. The summed E-state index contributed by atoms with van der Waals surface area (Å²) in [4.78, 5) is 4.25. The van der Waals surface area contributed by atoms with Gasteiger partial charge in [-0.1, -0.05) is 18.2 Å². The molecule has 0 unspecified atom stereocenters. The van der Waals surface area contributed by atoms with Crippen molar-refractivity contribution in [3.63, 3.8) is 0 Å². The third-order valence-electron chi connectivity index (χ3n) is 2.21. The van der Waals surface area contributed by atoms with Gasteiger partial charge in [-0.2, -0.15) is 0 Å². The van der Waals surface area contributed by atoms with Crippen LogP contribution in [0.25, 0.3) is 0 Å². The first-order valence-corrected chi connectivity index (χ1v) is 6.08. The zero-order valence-corrected chi connectivity index (χ0v) is 9.96. The Morgan fingerprint density at radius 1 is 1.38 bits per heavy atom. The Balaban J connectivity index is 2.20. The number of nitrogens with two attached hydrogens (primary N) is 1. The molecule has 0 saturated heterocycles. The number of thiazole rings is 1. The Bertz CT molecular complexity index is 468. The van der Waals surface area contributed by atoms with Gasteiger partial charge in [-0.05, 0) is 13.0 Å². The van der Waals surface area contributed by atoms with E-state index in [1.165, 1.54) is 11.3 Å². The number of nitrogen functional groups attached to an aromatic ring is 1. The average Bonchev–Trinajstić information content (AvgIpc) is 2.67. The van der Waals surface area contributed by atoms with Crippen LogP contribution in [0.4, 0.5) is 5.13 Å². The lowest BCUT2D eigenvalue weighted by Crippen LogP contribution is -1.97. The minimum absolute atomic E-state index is 0.615. The second-order valence-electron chi connectivity index (χ2n) is 3.39. The van der Waals surface area contributed by atoms with Gasteiger partial charge >= 0.3 is 0 Å². The van der Waals surface area contributed by atoms with Gasteiger partial charge in [-0.15, -0.1) is 11.3 Å². The summed E-state index contributed by atoms with van der Waals surface area (Å²) < 4.78 is 5.56. The van der Waals surface area contributed by atoms with E-state index in [4.69, 9.17) is 10.5 Å². The third-order valence-corrected chi connectivity index (χ3v) is 2.94. The molecule has 0 fully saturated rings. The van der Waals surface area contributed by atoms with E-state index in [2.05, 4.69) is 11.1 Å². The lowest BCUT2D eigenvalue weighted by Gasteiger charge is -2.08. The molecule has 0 atom stereocenters. The molecule has 2 N–H and O–H groups in total. The van der Waals surface area contributed by atoms with Gasteiger partial charge in [0.2, 0.25) is 0 Å². The predicted molar refractivity (Wildman–Crippen MR) is 66.9 cm³/mol. The molecule has 1 heterocycles. The second kappa shape index (κ2) is 4.99. The highest BCUT2D eigenvalue weighted by atomic mass is 32.1. The molecule has 2 rings (SSSR count). The lowest BCUT2D eigenvalue weighted by molar-refractivity contribution is 0.337. The fraction of sp³-hybridized carbons (Fsp3) is 0.250. The molecule has 84 valence electrons. The maximum Gasteiger partial charge on any atom is 0.180 e. The van der Waals surface area contributed by atoms with E-state index in [-0.39, 0.29) is 0 Å². The highest BCUT2D eigenvalue weighted by Gasteiger charge is 2.05. The number of rotatable bonds is 4. The van der Waals surface area contributed by atoms with E-state index in [0.29, 0.717) is 11.7 Å². The van der Waals surface area contributed by atoms with Crippen molar-refractivity contribution in [1.29, 1.82) is 0 Å². The summed E-state index contributed by atoms with van der Waals surface area (Å²) in [6.07, 6.45) is 0.768. The van der Waals surface area contributed by atoms with Crippen molar-refractivity contribution in [2.75, 3.05) is 12.3 Å². The van der Waals surface area contributed by atoms with E-state index in [1.807, 2.05) is 30.5 Å². The molecule has 0 spiro atoms. The highest BCUT2D eigenvalue weighted by molar-refractivity contribution is 7.13. The van der Waals surface area contributed by atoms with Crippen molar-refractivity contribution in [3.05, 3.63) is 40.9 Å². The number of para-hydroxylation sites is 1. The molecule has 0 amide bonds. The molecule has 2 aromatic rings. The topological polar surface area (TPSA) is 48.1 Å². The van der Waals surface area contributed by atoms with Crippen molar-refractivity contribution >= 4 is 16.5 Å². The third kappa shape index (κ3) is 2.52. The van der Waals surface area contributed by atoms with Crippen LogP contribution >= 0.6 is 11.3 Å². The van der Waals surface area contributed by atoms with Crippen molar-refractivity contribution in [2.24, 2.45) is 0 Å². The molecule has 1 aromatic carbocycles. The first kappa shape index (κ1) is 11.0. The number of hydrogen-bond donors (Lipinski definition) is 1. The molecule has 1 aromatic heterocycles. The van der Waals surface area contributed by atoms with Crippen molar-refractivity contribution in [1.82, 2.24) is 4.98 Å². The Hall–Kier alpha value is -1.55. The molecule has 0 bridgehead atoms. The monoisotopic (exact) mass is 234 g/mol. The summed E-state index contributed by atoms with van der Waals surface area (Å²) in [5.74, 6) is 0.927. The van der Waals surface area contributed by atoms with Gasteiger partial charge in [0.25, 0.3) is 0 Å². The number of anilines is 1. The van der Waals surface area contributed by atoms with Crippen LogP contribution in [0.15, 0.2) is 29.6 Å². The molecule has 0 radical (unpaired) electrons. The van der Waals surface area contributed by atoms with Crippen molar-refractivity contribution in [3.8, 4) is 5.75 Å². The molecule has 0 saturated carbocycles. The number of nitrogens with zero attached hydrogens (tertiary/aromatic N) is 1. The predicted octanol–water partition coefficient (Wildman–Crippen LogP) is 2.71. The van der Waals surface area contributed by atoms with E-state index in [0.717, 1.165) is 23.4 Å². The molecule has 0 aliphatic rings. The lowest BCUT2D eigenvalue weighted by atomic mass is 10.1. The summed E-state index contributed by atoms with van der Waals surface area (Å²) in [6.45, 7) is 2.66. The number of benzene rings is 1. The highest BCUT2D eigenvalue weighted by Crippen LogP contribution is 2.22. The smallest absolute Gasteiger partial charge is 0.180 e. The zero-order valence-electron chi connectivity index (χ0n) is 9.14. The van der Waals surface area contributed by atoms with Gasteiger partial charge in [0.1, 0.15) is 5.75 Å². The second-order valence-corrected chi connectivity index (χ2v) is 4.28. The van der Waals surface area contributed by atoms with Gasteiger partial charge in [0.15, 0.2) is 5.13 Å². The molecule has 0 aliphatic heterocycles. The van der Waals surface area contributed by atoms with Gasteiger partial charge < -0.3 is 10.5 Å². The maximum absolute atomic E-state index is 5.61. The minimum Gasteiger partial charge on any atom is -0.494 e. The molecular weight excluding hydrogens is 220 g/mol. The number of hydrogen-bond acceptors (Lipinski definition) is 4. The van der Waals surface area contributed by atoms with Gasteiger partial charge in [0.05, 0.1) is 12.3 Å². The molecule has 4 heteroatoms. The fourth-order valence-corrected chi connectivity index (χ4v) is 2.11. The van der Waals surface area contributed by atoms with Crippen LogP contribution in [-0.2, 0) is 6.42 Å². The molecule has 0 aliphatic carbocycles. The summed E-state index contributed by atoms with van der Waals surface area (Å²) in [6, 6.07) is 8.02. The Morgan fingerprint density at radius 3 is 2.88 bits per heavy atom. The largest absolute Gasteiger partial charge is 0.494 e. The average molecular weight is 234 g/mol. The van der Waals surface area contributed by atoms with Gasteiger partial charge in [0, 0.05) is 17.4 Å². The normalized spacial score (nSPS) is 10.3. The summed E-state index contributed by atoms with van der Waals surface area (Å²) in [5, 5.41) is 2.60. The standard InChI is InChI=1S/C12H14N2OS/c1-2-15-11-6-4-3-5-9(11)7-10-8-16-12(13)14-10/h3-6,8H,2,7H2,1H3,(H2,13,14). The van der Waals surface area contributed by atoms with E-state index >= 15 is 0 Å². The van der Waals surface area contributed by atoms with E-state index in [9.17, 15) is 0 Å². The first-order chi connectivity index (χ1) is 7.79. The van der Waals surface area contributed by atoms with Crippen LogP contribution in [0.1, 0.15) is 18.2 Å². The minimum atomic E-state index is 0.615. The van der Waals surface area contributed by atoms with Crippen LogP contribution in [-0.4, -0.2) is 11.6 Å². The summed E-state index contributed by atoms with van der Waals surface area (Å²) in [7, 11) is 0. The maximum atomic E-state index is 5.61. The van der Waals surface area contributed by atoms with Crippen LogP contribution < -0.4 is 10.5 Å². The van der Waals surface area contributed by atoms with E-state index < -0.39 is 0 Å². The van der Waals surface area contributed by atoms with Crippen LogP contribution in [0.5, 0.6) is 5.75 Å². The van der Waals surface area contributed by atoms with Gasteiger partial charge in [-0.3, -0.25) is 0 Å². The Labute approximate surface area is 98.9 Å². The van der Waals surface area contributed by atoms with Crippen molar-refractivity contribution in [2.45, 2.75) is 13.3 Å². The fourth-order valence-electron chi connectivity index (χ4n) is 1.55. The molecular formula is C12H14N2OS. The summed E-state index contributed by atoms with van der Waals surface area (Å²) >= 11 is 1.47. The van der Waals surface area contributed by atoms with Crippen LogP contribution in [0, 0.1) is 0 Å². The SMILES string of the molecule is CCOc1ccccc1Cc1csc(N)n1. The van der Waals surface area contributed by atoms with Crippen molar-refractivity contribution < 1.29 is 4.74 Å². The Morgan fingerprint density at radius 2 is 2.19 bits per heavy atom. The zero-order chi connectivity index (χ0) is 11.4. The van der Waals surface area contributed by atoms with Gasteiger partial charge in [-0.25, -0.2) is 4.98 Å². The quantitative estimate of drug-likeness (QED) is 0.884. The summed E-state index contributed by atoms with van der Waals surface area (Å²) in [5.41, 5.74) is 7.75. The van der Waals surface area contributed by atoms with E-state index in [1.54, 1.807) is 0 Å². The number of aromatic nitrogens is 1. The number of ether oxygens (including phenoxy) is 1. The first-order valence-electron chi connectivity index (χ1n) is 5.20. The van der Waals surface area contributed by atoms with Crippen LogP contribution in [0.3, 0.4) is 0 Å². The Kier molecular flexibility index (Phi) is 3.41.